The molecule has 0 unspecified atom stereocenters. The van der Waals surface area contributed by atoms with Gasteiger partial charge in [0.25, 0.3) is 5.91 Å². The molecule has 1 heterocycles. The monoisotopic (exact) mass is 364 g/mol. The van der Waals surface area contributed by atoms with Crippen LogP contribution in [0.25, 0.3) is 6.08 Å². The van der Waals surface area contributed by atoms with Gasteiger partial charge < -0.3 is 9.64 Å². The van der Waals surface area contributed by atoms with E-state index in [9.17, 15) is 9.59 Å². The van der Waals surface area contributed by atoms with Gasteiger partial charge in [-0.2, -0.15) is 0 Å². The van der Waals surface area contributed by atoms with Gasteiger partial charge in [0.15, 0.2) is 0 Å². The Morgan fingerprint density at radius 3 is 2.37 bits per heavy atom. The van der Waals surface area contributed by atoms with Crippen molar-refractivity contribution in [2.75, 3.05) is 39.8 Å². The summed E-state index contributed by atoms with van der Waals surface area (Å²) in [5.74, 6) is -0.472. The number of esters is 1. The van der Waals surface area contributed by atoms with Gasteiger partial charge in [0, 0.05) is 38.3 Å². The lowest BCUT2D eigenvalue weighted by Crippen LogP contribution is -2.48. The Morgan fingerprint density at radius 2 is 1.67 bits per heavy atom. The van der Waals surface area contributed by atoms with E-state index in [0.717, 1.165) is 19.6 Å². The number of ether oxygens (including phenoxy) is 1. The molecule has 5 nitrogen and oxygen atoms in total. The summed E-state index contributed by atoms with van der Waals surface area (Å²) in [5, 5.41) is 0. The third kappa shape index (κ3) is 5.05. The van der Waals surface area contributed by atoms with Crippen LogP contribution in [0.5, 0.6) is 0 Å². The van der Waals surface area contributed by atoms with E-state index in [0.29, 0.717) is 24.2 Å². The molecule has 0 aliphatic carbocycles. The predicted molar refractivity (Wildman–Crippen MR) is 106 cm³/mol. The minimum atomic E-state index is -0.431. The minimum absolute atomic E-state index is 0.0415. The van der Waals surface area contributed by atoms with E-state index in [2.05, 4.69) is 29.2 Å². The van der Waals surface area contributed by atoms with Gasteiger partial charge in [-0.3, -0.25) is 9.69 Å². The van der Waals surface area contributed by atoms with E-state index >= 15 is 0 Å². The molecular formula is C22H24N2O3. The zero-order valence-electron chi connectivity index (χ0n) is 15.5. The largest absolute Gasteiger partial charge is 0.465 e. The summed E-state index contributed by atoms with van der Waals surface area (Å²) in [6.07, 6.45) is 4.28. The van der Waals surface area contributed by atoms with Gasteiger partial charge >= 0.3 is 5.97 Å². The SMILES string of the molecule is COC(=O)c1cccc(C(=O)N2CCN(C/C=C/c3ccccc3)CC2)c1. The van der Waals surface area contributed by atoms with E-state index in [4.69, 9.17) is 4.74 Å². The highest BCUT2D eigenvalue weighted by Gasteiger charge is 2.22. The summed E-state index contributed by atoms with van der Waals surface area (Å²) in [6.45, 7) is 3.90. The fraction of sp³-hybridized carbons (Fsp3) is 0.273. The highest BCUT2D eigenvalue weighted by molar-refractivity contribution is 5.98. The van der Waals surface area contributed by atoms with E-state index in [-0.39, 0.29) is 5.91 Å². The third-order valence-electron chi connectivity index (χ3n) is 4.66. The van der Waals surface area contributed by atoms with Crippen LogP contribution in [0.3, 0.4) is 0 Å². The second-order valence-corrected chi connectivity index (χ2v) is 6.48. The molecule has 1 aliphatic rings. The maximum Gasteiger partial charge on any atom is 0.337 e. The summed E-state index contributed by atoms with van der Waals surface area (Å²) in [4.78, 5) is 28.5. The van der Waals surface area contributed by atoms with Gasteiger partial charge in [0.1, 0.15) is 0 Å². The zero-order valence-corrected chi connectivity index (χ0v) is 15.5. The van der Waals surface area contributed by atoms with Gasteiger partial charge in [0.05, 0.1) is 12.7 Å². The first kappa shape index (κ1) is 18.9. The quantitative estimate of drug-likeness (QED) is 0.766. The minimum Gasteiger partial charge on any atom is -0.465 e. The van der Waals surface area contributed by atoms with Crippen LogP contribution in [0.2, 0.25) is 0 Å². The lowest BCUT2D eigenvalue weighted by Gasteiger charge is -2.34. The summed E-state index contributed by atoms with van der Waals surface area (Å²) < 4.78 is 4.72. The van der Waals surface area contributed by atoms with E-state index in [1.165, 1.54) is 12.7 Å². The fourth-order valence-corrected chi connectivity index (χ4v) is 3.12. The molecule has 0 atom stereocenters. The molecule has 140 valence electrons. The molecule has 1 aliphatic heterocycles. The summed E-state index contributed by atoms with van der Waals surface area (Å²) in [5.41, 5.74) is 2.11. The Hall–Kier alpha value is -2.92. The Morgan fingerprint density at radius 1 is 0.963 bits per heavy atom. The third-order valence-corrected chi connectivity index (χ3v) is 4.66. The van der Waals surface area contributed by atoms with Crippen LogP contribution in [-0.4, -0.2) is 61.5 Å². The number of benzene rings is 2. The van der Waals surface area contributed by atoms with E-state index in [1.54, 1.807) is 24.3 Å². The molecule has 0 aromatic heterocycles. The van der Waals surface area contributed by atoms with Gasteiger partial charge in [-0.1, -0.05) is 48.6 Å². The van der Waals surface area contributed by atoms with Crippen molar-refractivity contribution in [2.24, 2.45) is 0 Å². The summed E-state index contributed by atoms with van der Waals surface area (Å²) >= 11 is 0. The Labute approximate surface area is 159 Å². The van der Waals surface area contributed by atoms with Crippen LogP contribution in [0, 0.1) is 0 Å². The van der Waals surface area contributed by atoms with E-state index < -0.39 is 5.97 Å². The number of piperazine rings is 1. The lowest BCUT2D eigenvalue weighted by molar-refractivity contribution is 0.0600. The second-order valence-electron chi connectivity index (χ2n) is 6.48. The average molecular weight is 364 g/mol. The average Bonchev–Trinajstić information content (AvgIpc) is 2.74. The summed E-state index contributed by atoms with van der Waals surface area (Å²) in [6, 6.07) is 16.9. The smallest absolute Gasteiger partial charge is 0.337 e. The normalized spacial score (nSPS) is 15.1. The Balaban J connectivity index is 1.52. The topological polar surface area (TPSA) is 49.9 Å². The van der Waals surface area contributed by atoms with Crippen molar-refractivity contribution in [2.45, 2.75) is 0 Å². The number of nitrogens with zero attached hydrogens (tertiary/aromatic N) is 2. The number of carbonyl (C=O) groups excluding carboxylic acids is 2. The molecule has 0 bridgehead atoms. The van der Waals surface area contributed by atoms with Crippen molar-refractivity contribution in [1.82, 2.24) is 9.80 Å². The molecule has 2 aromatic carbocycles. The molecule has 3 rings (SSSR count). The Kier molecular flexibility index (Phi) is 6.39. The van der Waals surface area contributed by atoms with Crippen LogP contribution >= 0.6 is 0 Å². The maximum absolute atomic E-state index is 12.7. The molecular weight excluding hydrogens is 340 g/mol. The second kappa shape index (κ2) is 9.14. The molecule has 2 aromatic rings. The van der Waals surface area contributed by atoms with Crippen molar-refractivity contribution >= 4 is 18.0 Å². The van der Waals surface area contributed by atoms with Crippen molar-refractivity contribution in [3.8, 4) is 0 Å². The predicted octanol–water partition coefficient (Wildman–Crippen LogP) is 2.94. The highest BCUT2D eigenvalue weighted by Crippen LogP contribution is 2.12. The Bertz CT molecular complexity index is 809. The molecule has 0 radical (unpaired) electrons. The van der Waals surface area contributed by atoms with Crippen molar-refractivity contribution in [1.29, 1.82) is 0 Å². The number of methoxy groups -OCH3 is 1. The fourth-order valence-electron chi connectivity index (χ4n) is 3.12. The van der Waals surface area contributed by atoms with Crippen LogP contribution in [0.1, 0.15) is 26.3 Å². The van der Waals surface area contributed by atoms with Gasteiger partial charge in [-0.15, -0.1) is 0 Å². The molecule has 1 fully saturated rings. The number of rotatable bonds is 5. The molecule has 0 N–H and O–H groups in total. The zero-order chi connectivity index (χ0) is 19.1. The van der Waals surface area contributed by atoms with Gasteiger partial charge in [0.2, 0.25) is 0 Å². The van der Waals surface area contributed by atoms with Crippen LogP contribution in [0.4, 0.5) is 0 Å². The maximum atomic E-state index is 12.7. The number of hydrogen-bond donors (Lipinski definition) is 0. The van der Waals surface area contributed by atoms with Gasteiger partial charge in [-0.25, -0.2) is 4.79 Å². The van der Waals surface area contributed by atoms with Crippen molar-refractivity contribution in [3.63, 3.8) is 0 Å². The molecule has 0 saturated carbocycles. The standard InChI is InChI=1S/C22H24N2O3/c1-27-22(26)20-11-5-10-19(17-20)21(25)24-15-13-23(14-16-24)12-6-9-18-7-3-2-4-8-18/h2-11,17H,12-16H2,1H3/b9-6+. The first-order valence-electron chi connectivity index (χ1n) is 9.09. The van der Waals surface area contributed by atoms with E-state index in [1.807, 2.05) is 23.1 Å². The molecule has 5 heteroatoms. The van der Waals surface area contributed by atoms with Crippen LogP contribution < -0.4 is 0 Å². The molecule has 0 spiro atoms. The van der Waals surface area contributed by atoms with Crippen LogP contribution in [0.15, 0.2) is 60.7 Å². The molecule has 27 heavy (non-hydrogen) atoms. The van der Waals surface area contributed by atoms with Crippen molar-refractivity contribution in [3.05, 3.63) is 77.4 Å². The first-order valence-corrected chi connectivity index (χ1v) is 9.09. The number of hydrogen-bond acceptors (Lipinski definition) is 4. The number of amides is 1. The lowest BCUT2D eigenvalue weighted by atomic mass is 10.1. The summed E-state index contributed by atoms with van der Waals surface area (Å²) in [7, 11) is 1.34. The molecule has 1 saturated heterocycles. The highest BCUT2D eigenvalue weighted by atomic mass is 16.5. The van der Waals surface area contributed by atoms with Crippen LogP contribution in [-0.2, 0) is 4.74 Å². The van der Waals surface area contributed by atoms with Gasteiger partial charge in [-0.05, 0) is 23.8 Å². The number of carbonyl (C=O) groups is 2. The first-order chi connectivity index (χ1) is 13.2. The molecule has 1 amide bonds. The van der Waals surface area contributed by atoms with Crippen molar-refractivity contribution < 1.29 is 14.3 Å².